The van der Waals surface area contributed by atoms with Gasteiger partial charge in [-0.1, -0.05) is 38.0 Å². The molecule has 1 unspecified atom stereocenters. The average Bonchev–Trinajstić information content (AvgIpc) is 2.36. The minimum Gasteiger partial charge on any atom is -0.493 e. The molecule has 0 N–H and O–H groups in total. The highest BCUT2D eigenvalue weighted by Gasteiger charge is 2.37. The Kier molecular flexibility index (Phi) is 3.14. The first kappa shape index (κ1) is 11.0. The minimum absolute atomic E-state index is 0.315. The summed E-state index contributed by atoms with van der Waals surface area (Å²) in [5.41, 5.74) is 0.766. The molecule has 16 heavy (non-hydrogen) atoms. The normalized spacial score (nSPS) is 23.0. The number of para-hydroxylation sites is 1. The van der Waals surface area contributed by atoms with Gasteiger partial charge in [0.25, 0.3) is 0 Å². The van der Waals surface area contributed by atoms with Crippen LogP contribution in [0.15, 0.2) is 24.3 Å². The lowest BCUT2D eigenvalue weighted by atomic mass is 9.74. The number of hydrogen-bond acceptors (Lipinski definition) is 2. The van der Waals surface area contributed by atoms with Gasteiger partial charge in [-0.2, -0.15) is 5.26 Å². The van der Waals surface area contributed by atoms with E-state index in [-0.39, 0.29) is 5.41 Å². The summed E-state index contributed by atoms with van der Waals surface area (Å²) in [7, 11) is 0. The fraction of sp³-hybridized carbons (Fsp3) is 0.500. The van der Waals surface area contributed by atoms with Gasteiger partial charge in [-0.05, 0) is 12.5 Å². The molecule has 2 rings (SSSR count). The van der Waals surface area contributed by atoms with E-state index in [1.165, 1.54) is 0 Å². The standard InChI is InChI=1S/C14H17NO/c1-2-3-8-14(11-15)9-10-16-13-7-5-4-6-12(13)14/h4-7H,2-3,8-10H2,1H3. The Morgan fingerprint density at radius 1 is 1.44 bits per heavy atom. The Morgan fingerprint density at radius 2 is 2.25 bits per heavy atom. The van der Waals surface area contributed by atoms with Gasteiger partial charge in [-0.3, -0.25) is 0 Å². The molecule has 2 heteroatoms. The Morgan fingerprint density at radius 3 is 3.00 bits per heavy atom. The van der Waals surface area contributed by atoms with Crippen molar-refractivity contribution in [2.45, 2.75) is 38.0 Å². The Balaban J connectivity index is 2.38. The summed E-state index contributed by atoms with van der Waals surface area (Å²) in [4.78, 5) is 0. The minimum atomic E-state index is -0.315. The van der Waals surface area contributed by atoms with Gasteiger partial charge in [0, 0.05) is 12.0 Å². The molecular formula is C14H17NO. The number of rotatable bonds is 3. The fourth-order valence-corrected chi connectivity index (χ4v) is 2.37. The van der Waals surface area contributed by atoms with Gasteiger partial charge < -0.3 is 4.74 Å². The zero-order valence-electron chi connectivity index (χ0n) is 9.70. The van der Waals surface area contributed by atoms with Crippen LogP contribution < -0.4 is 4.74 Å². The van der Waals surface area contributed by atoms with Gasteiger partial charge in [0.1, 0.15) is 5.75 Å². The summed E-state index contributed by atoms with van der Waals surface area (Å²) >= 11 is 0. The second-order valence-electron chi connectivity index (χ2n) is 4.39. The van der Waals surface area contributed by atoms with Gasteiger partial charge in [0.05, 0.1) is 18.1 Å². The number of unbranched alkanes of at least 4 members (excludes halogenated alkanes) is 1. The van der Waals surface area contributed by atoms with Crippen molar-refractivity contribution in [1.82, 2.24) is 0 Å². The topological polar surface area (TPSA) is 33.0 Å². The zero-order valence-corrected chi connectivity index (χ0v) is 9.70. The largest absolute Gasteiger partial charge is 0.493 e. The van der Waals surface area contributed by atoms with Crippen LogP contribution in [0.2, 0.25) is 0 Å². The van der Waals surface area contributed by atoms with E-state index in [0.29, 0.717) is 6.61 Å². The lowest BCUT2D eigenvalue weighted by molar-refractivity contribution is 0.234. The molecule has 0 bridgehead atoms. The van der Waals surface area contributed by atoms with Crippen LogP contribution in [0.5, 0.6) is 5.75 Å². The van der Waals surface area contributed by atoms with Gasteiger partial charge in [0.2, 0.25) is 0 Å². The predicted octanol–water partition coefficient (Wildman–Crippen LogP) is 3.42. The van der Waals surface area contributed by atoms with Crippen molar-refractivity contribution >= 4 is 0 Å². The third-order valence-electron chi connectivity index (χ3n) is 3.36. The first-order valence-electron chi connectivity index (χ1n) is 5.96. The molecule has 1 aliphatic heterocycles. The van der Waals surface area contributed by atoms with E-state index in [2.05, 4.69) is 13.0 Å². The molecule has 1 aliphatic rings. The molecule has 84 valence electrons. The lowest BCUT2D eigenvalue weighted by Crippen LogP contribution is -2.31. The molecule has 0 fully saturated rings. The van der Waals surface area contributed by atoms with E-state index < -0.39 is 0 Å². The Bertz CT molecular complexity index is 407. The lowest BCUT2D eigenvalue weighted by Gasteiger charge is -2.33. The number of fused-ring (bicyclic) bond motifs is 1. The molecule has 0 spiro atoms. The van der Waals surface area contributed by atoms with Crippen LogP contribution in [0.25, 0.3) is 0 Å². The molecule has 1 heterocycles. The highest BCUT2D eigenvalue weighted by molar-refractivity contribution is 5.45. The summed E-state index contributed by atoms with van der Waals surface area (Å²) in [6, 6.07) is 10.5. The van der Waals surface area contributed by atoms with Gasteiger partial charge in [-0.25, -0.2) is 0 Å². The predicted molar refractivity (Wildman–Crippen MR) is 63.4 cm³/mol. The number of nitriles is 1. The Labute approximate surface area is 96.9 Å². The summed E-state index contributed by atoms with van der Waals surface area (Å²) in [6.45, 7) is 2.82. The summed E-state index contributed by atoms with van der Waals surface area (Å²) in [5.74, 6) is 0.895. The molecule has 1 aromatic rings. The Hall–Kier alpha value is -1.49. The maximum absolute atomic E-state index is 9.51. The third kappa shape index (κ3) is 1.78. The molecule has 0 aliphatic carbocycles. The molecule has 0 aromatic heterocycles. The van der Waals surface area contributed by atoms with E-state index in [1.807, 2.05) is 24.3 Å². The van der Waals surface area contributed by atoms with Crippen molar-refractivity contribution in [3.05, 3.63) is 29.8 Å². The van der Waals surface area contributed by atoms with Crippen LogP contribution in [-0.4, -0.2) is 6.61 Å². The van der Waals surface area contributed by atoms with Crippen LogP contribution >= 0.6 is 0 Å². The van der Waals surface area contributed by atoms with Crippen molar-refractivity contribution < 1.29 is 4.74 Å². The molecular weight excluding hydrogens is 198 g/mol. The molecule has 0 saturated heterocycles. The van der Waals surface area contributed by atoms with Crippen LogP contribution in [-0.2, 0) is 5.41 Å². The molecule has 0 amide bonds. The average molecular weight is 215 g/mol. The van der Waals surface area contributed by atoms with E-state index in [9.17, 15) is 5.26 Å². The summed E-state index contributed by atoms with van der Waals surface area (Å²) in [6.07, 6.45) is 4.00. The van der Waals surface area contributed by atoms with Crippen LogP contribution in [0.3, 0.4) is 0 Å². The van der Waals surface area contributed by atoms with Crippen molar-refractivity contribution in [1.29, 1.82) is 5.26 Å². The van der Waals surface area contributed by atoms with Crippen LogP contribution in [0.1, 0.15) is 38.2 Å². The summed E-state index contributed by atoms with van der Waals surface area (Å²) < 4.78 is 5.61. The van der Waals surface area contributed by atoms with E-state index in [1.54, 1.807) is 0 Å². The molecule has 2 nitrogen and oxygen atoms in total. The molecule has 0 saturated carbocycles. The van der Waals surface area contributed by atoms with Gasteiger partial charge in [-0.15, -0.1) is 0 Å². The van der Waals surface area contributed by atoms with Crippen molar-refractivity contribution in [2.24, 2.45) is 0 Å². The van der Waals surface area contributed by atoms with Crippen molar-refractivity contribution in [3.63, 3.8) is 0 Å². The number of benzene rings is 1. The van der Waals surface area contributed by atoms with Crippen LogP contribution in [0.4, 0.5) is 0 Å². The maximum atomic E-state index is 9.51. The molecule has 1 atom stereocenters. The number of ether oxygens (including phenoxy) is 1. The molecule has 1 aromatic carbocycles. The van der Waals surface area contributed by atoms with E-state index in [0.717, 1.165) is 37.0 Å². The number of nitrogens with zero attached hydrogens (tertiary/aromatic N) is 1. The third-order valence-corrected chi connectivity index (χ3v) is 3.36. The fourth-order valence-electron chi connectivity index (χ4n) is 2.37. The van der Waals surface area contributed by atoms with Gasteiger partial charge >= 0.3 is 0 Å². The number of hydrogen-bond donors (Lipinski definition) is 0. The van der Waals surface area contributed by atoms with E-state index in [4.69, 9.17) is 4.74 Å². The highest BCUT2D eigenvalue weighted by atomic mass is 16.5. The maximum Gasteiger partial charge on any atom is 0.124 e. The van der Waals surface area contributed by atoms with Gasteiger partial charge in [0.15, 0.2) is 0 Å². The van der Waals surface area contributed by atoms with E-state index >= 15 is 0 Å². The smallest absolute Gasteiger partial charge is 0.124 e. The second kappa shape index (κ2) is 4.57. The zero-order chi connectivity index (χ0) is 11.4. The van der Waals surface area contributed by atoms with Crippen molar-refractivity contribution in [2.75, 3.05) is 6.61 Å². The quantitative estimate of drug-likeness (QED) is 0.774. The first-order chi connectivity index (χ1) is 7.82. The highest BCUT2D eigenvalue weighted by Crippen LogP contribution is 2.41. The van der Waals surface area contributed by atoms with Crippen LogP contribution in [0, 0.1) is 11.3 Å². The SMILES string of the molecule is CCCCC1(C#N)CCOc2ccccc21. The first-order valence-corrected chi connectivity index (χ1v) is 5.96. The van der Waals surface area contributed by atoms with Crippen molar-refractivity contribution in [3.8, 4) is 11.8 Å². The molecule has 0 radical (unpaired) electrons. The summed E-state index contributed by atoms with van der Waals surface area (Å²) in [5, 5.41) is 9.51. The second-order valence-corrected chi connectivity index (χ2v) is 4.39. The monoisotopic (exact) mass is 215 g/mol.